The highest BCUT2D eigenvalue weighted by Gasteiger charge is 2.22. The Morgan fingerprint density at radius 2 is 1.79 bits per heavy atom. The van der Waals surface area contributed by atoms with Gasteiger partial charge < -0.3 is 15.5 Å². The minimum absolute atomic E-state index is 0.0760. The first kappa shape index (κ1) is 24.6. The van der Waals surface area contributed by atoms with Gasteiger partial charge in [-0.1, -0.05) is 41.4 Å². The zero-order chi connectivity index (χ0) is 24.1. The van der Waals surface area contributed by atoms with Crippen molar-refractivity contribution in [3.05, 3.63) is 58.1 Å². The fraction of sp³-hybridized carbons (Fsp3) is 0.423. The number of carbonyl (C=O) groups is 1. The first-order valence-electron chi connectivity index (χ1n) is 11.8. The van der Waals surface area contributed by atoms with Gasteiger partial charge in [0.15, 0.2) is 0 Å². The maximum absolute atomic E-state index is 12.3. The van der Waals surface area contributed by atoms with Gasteiger partial charge in [-0.05, 0) is 67.9 Å². The molecule has 1 aromatic heterocycles. The van der Waals surface area contributed by atoms with Gasteiger partial charge in [0.05, 0.1) is 15.6 Å². The molecule has 1 amide bonds. The number of benzene rings is 2. The Balaban J connectivity index is 1.23. The van der Waals surface area contributed by atoms with E-state index < -0.39 is 0 Å². The summed E-state index contributed by atoms with van der Waals surface area (Å²) in [5, 5.41) is 8.76. The minimum Gasteiger partial charge on any atom is -0.362 e. The maximum Gasteiger partial charge on any atom is 0.225 e. The lowest BCUT2D eigenvalue weighted by molar-refractivity contribution is -0.121. The zero-order valence-electron chi connectivity index (χ0n) is 19.7. The molecule has 4 rings (SSSR count). The van der Waals surface area contributed by atoms with Crippen LogP contribution in [0.4, 0.5) is 11.8 Å². The molecule has 1 aliphatic rings. The van der Waals surface area contributed by atoms with E-state index in [0.29, 0.717) is 40.8 Å². The average Bonchev–Trinajstić information content (AvgIpc) is 2.83. The van der Waals surface area contributed by atoms with Crippen LogP contribution >= 0.6 is 23.2 Å². The molecule has 2 N–H and O–H groups in total. The van der Waals surface area contributed by atoms with Gasteiger partial charge >= 0.3 is 0 Å². The summed E-state index contributed by atoms with van der Waals surface area (Å²) in [5.74, 6) is 2.18. The number of carbonyl (C=O) groups excluding carboxylic acids is 1. The van der Waals surface area contributed by atoms with Gasteiger partial charge in [-0.3, -0.25) is 4.79 Å². The highest BCUT2D eigenvalue weighted by Crippen LogP contribution is 2.28. The zero-order valence-corrected chi connectivity index (χ0v) is 21.2. The summed E-state index contributed by atoms with van der Waals surface area (Å²) in [6, 6.07) is 13.9. The molecule has 0 bridgehead atoms. The van der Waals surface area contributed by atoms with E-state index in [-0.39, 0.29) is 5.91 Å². The van der Waals surface area contributed by atoms with Crippen LogP contribution in [-0.2, 0) is 11.2 Å². The molecule has 1 fully saturated rings. The standard InChI is InChI=1S/C26H31Cl2N5O/c1-33(2)25-20-5-3-4-6-23(20)31-26(32-25)30-19-11-7-18(8-12-19)16-29-24(34)14-10-17-9-13-21(27)22(28)15-17/h3-6,9,13,15,18-19H,7-8,10-12,14,16H2,1-2H3,(H,29,34)(H,30,31,32)/t18-,19+. The molecule has 3 aromatic rings. The molecule has 180 valence electrons. The number of hydrogen-bond acceptors (Lipinski definition) is 5. The summed E-state index contributed by atoms with van der Waals surface area (Å²) in [4.78, 5) is 23.8. The summed E-state index contributed by atoms with van der Waals surface area (Å²) in [6.45, 7) is 0.726. The molecule has 34 heavy (non-hydrogen) atoms. The number of para-hydroxylation sites is 1. The Hall–Kier alpha value is -2.57. The number of nitrogens with one attached hydrogen (secondary N) is 2. The van der Waals surface area contributed by atoms with E-state index in [1.807, 2.05) is 49.3 Å². The second-order valence-corrected chi connectivity index (χ2v) is 10.0. The average molecular weight is 500 g/mol. The fourth-order valence-electron chi connectivity index (χ4n) is 4.46. The van der Waals surface area contributed by atoms with Crippen LogP contribution in [0.1, 0.15) is 37.7 Å². The van der Waals surface area contributed by atoms with Gasteiger partial charge in [-0.15, -0.1) is 0 Å². The van der Waals surface area contributed by atoms with Crippen LogP contribution in [-0.4, -0.2) is 42.6 Å². The second kappa shape index (κ2) is 11.2. The Morgan fingerprint density at radius 1 is 1.03 bits per heavy atom. The minimum atomic E-state index is 0.0760. The molecule has 1 heterocycles. The Morgan fingerprint density at radius 3 is 2.53 bits per heavy atom. The third kappa shape index (κ3) is 6.30. The number of nitrogens with zero attached hydrogens (tertiary/aromatic N) is 3. The number of anilines is 2. The van der Waals surface area contributed by atoms with Crippen molar-refractivity contribution in [1.29, 1.82) is 0 Å². The first-order valence-corrected chi connectivity index (χ1v) is 12.6. The van der Waals surface area contributed by atoms with Crippen LogP contribution < -0.4 is 15.5 Å². The molecule has 1 saturated carbocycles. The molecular weight excluding hydrogens is 469 g/mol. The molecule has 0 atom stereocenters. The van der Waals surface area contributed by atoms with E-state index in [0.717, 1.165) is 54.5 Å². The summed E-state index contributed by atoms with van der Waals surface area (Å²) < 4.78 is 0. The Kier molecular flexibility index (Phi) is 8.11. The molecule has 0 spiro atoms. The van der Waals surface area contributed by atoms with Crippen molar-refractivity contribution in [2.24, 2.45) is 5.92 Å². The fourth-order valence-corrected chi connectivity index (χ4v) is 4.78. The van der Waals surface area contributed by atoms with Gasteiger partial charge in [0.1, 0.15) is 5.82 Å². The first-order chi connectivity index (χ1) is 16.4. The van der Waals surface area contributed by atoms with Gasteiger partial charge in [-0.2, -0.15) is 4.98 Å². The molecule has 6 nitrogen and oxygen atoms in total. The van der Waals surface area contributed by atoms with Crippen molar-refractivity contribution in [2.45, 2.75) is 44.6 Å². The van der Waals surface area contributed by atoms with Crippen molar-refractivity contribution in [3.8, 4) is 0 Å². The Labute approximate surface area is 211 Å². The third-order valence-electron chi connectivity index (χ3n) is 6.40. The van der Waals surface area contributed by atoms with Crippen LogP contribution in [0.2, 0.25) is 10.0 Å². The molecule has 0 unspecified atom stereocenters. The normalized spacial score (nSPS) is 18.0. The molecule has 0 saturated heterocycles. The van der Waals surface area contributed by atoms with Gasteiger partial charge in [0.2, 0.25) is 11.9 Å². The van der Waals surface area contributed by atoms with Gasteiger partial charge in [0, 0.05) is 38.5 Å². The molecule has 0 aliphatic heterocycles. The molecule has 8 heteroatoms. The predicted octanol–water partition coefficient (Wildman–Crippen LogP) is 5.72. The summed E-state index contributed by atoms with van der Waals surface area (Å²) in [5.41, 5.74) is 1.96. The van der Waals surface area contributed by atoms with Crippen molar-refractivity contribution < 1.29 is 4.79 Å². The van der Waals surface area contributed by atoms with Crippen LogP contribution in [0.5, 0.6) is 0 Å². The topological polar surface area (TPSA) is 70.2 Å². The number of amides is 1. The summed E-state index contributed by atoms with van der Waals surface area (Å²) in [6.07, 6.45) is 5.31. The Bertz CT molecular complexity index is 1150. The monoisotopic (exact) mass is 499 g/mol. The largest absolute Gasteiger partial charge is 0.362 e. The third-order valence-corrected chi connectivity index (χ3v) is 7.14. The van der Waals surface area contributed by atoms with E-state index in [2.05, 4.69) is 16.7 Å². The number of aromatic nitrogens is 2. The smallest absolute Gasteiger partial charge is 0.225 e. The SMILES string of the molecule is CN(C)c1nc(N[C@H]2CC[C@@H](CNC(=O)CCc3ccc(Cl)c(Cl)c3)CC2)nc2ccccc12. The maximum atomic E-state index is 12.3. The number of aryl methyl sites for hydroxylation is 1. The lowest BCUT2D eigenvalue weighted by Crippen LogP contribution is -2.34. The van der Waals surface area contributed by atoms with Gasteiger partial charge in [0.25, 0.3) is 0 Å². The molecule has 2 aromatic carbocycles. The van der Waals surface area contributed by atoms with Crippen LogP contribution in [0.25, 0.3) is 10.9 Å². The van der Waals surface area contributed by atoms with Crippen molar-refractivity contribution in [3.63, 3.8) is 0 Å². The molecular formula is C26H31Cl2N5O. The summed E-state index contributed by atoms with van der Waals surface area (Å²) in [7, 11) is 4.01. The molecule has 1 aliphatic carbocycles. The second-order valence-electron chi connectivity index (χ2n) is 9.20. The lowest BCUT2D eigenvalue weighted by atomic mass is 9.86. The number of halogens is 2. The van der Waals surface area contributed by atoms with E-state index in [4.69, 9.17) is 33.2 Å². The highest BCUT2D eigenvalue weighted by molar-refractivity contribution is 6.42. The number of fused-ring (bicyclic) bond motifs is 1. The van der Waals surface area contributed by atoms with Crippen molar-refractivity contribution in [1.82, 2.24) is 15.3 Å². The van der Waals surface area contributed by atoms with Crippen LogP contribution in [0.15, 0.2) is 42.5 Å². The number of hydrogen-bond donors (Lipinski definition) is 2. The van der Waals surface area contributed by atoms with Crippen LogP contribution in [0, 0.1) is 5.92 Å². The predicted molar refractivity (Wildman–Crippen MR) is 141 cm³/mol. The van der Waals surface area contributed by atoms with Crippen molar-refractivity contribution >= 4 is 51.8 Å². The van der Waals surface area contributed by atoms with Crippen molar-refractivity contribution in [2.75, 3.05) is 30.9 Å². The lowest BCUT2D eigenvalue weighted by Gasteiger charge is -2.29. The van der Waals surface area contributed by atoms with E-state index in [1.165, 1.54) is 0 Å². The van der Waals surface area contributed by atoms with Crippen LogP contribution in [0.3, 0.4) is 0 Å². The summed E-state index contributed by atoms with van der Waals surface area (Å²) >= 11 is 12.0. The molecule has 0 radical (unpaired) electrons. The quantitative estimate of drug-likeness (QED) is 0.414. The highest BCUT2D eigenvalue weighted by atomic mass is 35.5. The van der Waals surface area contributed by atoms with E-state index in [1.54, 1.807) is 6.07 Å². The number of rotatable bonds is 8. The van der Waals surface area contributed by atoms with Gasteiger partial charge in [-0.25, -0.2) is 4.98 Å². The van der Waals surface area contributed by atoms with E-state index >= 15 is 0 Å². The van der Waals surface area contributed by atoms with E-state index in [9.17, 15) is 4.79 Å².